The monoisotopic (exact) mass is 220 g/mol. The number of urea groups is 1. The van der Waals surface area contributed by atoms with Crippen LogP contribution in [0.3, 0.4) is 0 Å². The molecule has 1 rings (SSSR count). The zero-order valence-electron chi connectivity index (χ0n) is 7.49. The number of aliphatic carboxylic acids is 1. The van der Waals surface area contributed by atoms with Crippen molar-refractivity contribution in [2.45, 2.75) is 6.92 Å². The van der Waals surface area contributed by atoms with Crippen LogP contribution in [-0.2, 0) is 19.2 Å². The van der Waals surface area contributed by atoms with Gasteiger partial charge in [0.15, 0.2) is 0 Å². The number of barbiturate groups is 1. The molecule has 1 heterocycles. The van der Waals surface area contributed by atoms with Crippen molar-refractivity contribution in [2.24, 2.45) is 0 Å². The van der Waals surface area contributed by atoms with Crippen LogP contribution in [0.4, 0.5) is 4.79 Å². The Bertz CT molecular complexity index is 295. The van der Waals surface area contributed by atoms with Crippen LogP contribution in [0.25, 0.3) is 0 Å². The lowest BCUT2D eigenvalue weighted by atomic mass is 10.3. The van der Waals surface area contributed by atoms with Crippen molar-refractivity contribution < 1.29 is 34.6 Å². The van der Waals surface area contributed by atoms with E-state index in [2.05, 4.69) is 0 Å². The molecule has 0 aliphatic carbocycles. The lowest BCUT2D eigenvalue weighted by Gasteiger charge is -2.07. The second-order valence-corrected chi connectivity index (χ2v) is 2.09. The molecule has 1 aliphatic rings. The Morgan fingerprint density at radius 3 is 1.60 bits per heavy atom. The van der Waals surface area contributed by atoms with Crippen molar-refractivity contribution in [1.82, 2.24) is 10.6 Å². The molecule has 0 saturated carbocycles. The number of nitrogens with one attached hydrogen (secondary N) is 2. The Hall–Kier alpha value is -2.29. The predicted octanol–water partition coefficient (Wildman–Crippen LogP) is -2.81. The SMILES string of the molecule is CC(=O)O.O.O=C1NC(=O)C(=O)C(=O)N1. The molecule has 9 nitrogen and oxygen atoms in total. The average molecular weight is 220 g/mol. The fourth-order valence-electron chi connectivity index (χ4n) is 0.454. The normalized spacial score (nSPS) is 13.9. The molecule has 0 unspecified atom stereocenters. The maximum Gasteiger partial charge on any atom is 0.328 e. The quantitative estimate of drug-likeness (QED) is 0.373. The number of ketones is 1. The number of carbonyl (C=O) groups excluding carboxylic acids is 4. The van der Waals surface area contributed by atoms with E-state index in [-0.39, 0.29) is 5.48 Å². The predicted molar refractivity (Wildman–Crippen MR) is 43.6 cm³/mol. The van der Waals surface area contributed by atoms with Crippen LogP contribution in [0.15, 0.2) is 0 Å². The van der Waals surface area contributed by atoms with Crippen molar-refractivity contribution in [3.63, 3.8) is 0 Å². The molecule has 1 saturated heterocycles. The lowest BCUT2D eigenvalue weighted by molar-refractivity contribution is -0.146. The fourth-order valence-corrected chi connectivity index (χ4v) is 0.454. The highest BCUT2D eigenvalue weighted by molar-refractivity contribution is 6.66. The van der Waals surface area contributed by atoms with E-state index in [0.29, 0.717) is 0 Å². The van der Waals surface area contributed by atoms with Gasteiger partial charge in [0.2, 0.25) is 0 Å². The van der Waals surface area contributed by atoms with E-state index in [1.165, 1.54) is 0 Å². The Balaban J connectivity index is 0. The van der Waals surface area contributed by atoms with Crippen molar-refractivity contribution in [1.29, 1.82) is 0 Å². The summed E-state index contributed by atoms with van der Waals surface area (Å²) in [7, 11) is 0. The first-order chi connectivity index (χ1) is 6.34. The Morgan fingerprint density at radius 1 is 1.07 bits per heavy atom. The number of carbonyl (C=O) groups is 5. The number of hydrogen-bond donors (Lipinski definition) is 3. The molecule has 0 aromatic rings. The lowest BCUT2D eigenvalue weighted by Crippen LogP contribution is -2.56. The Kier molecular flexibility index (Phi) is 6.29. The van der Waals surface area contributed by atoms with Crippen LogP contribution in [0.2, 0.25) is 0 Å². The summed E-state index contributed by atoms with van der Waals surface area (Å²) >= 11 is 0. The standard InChI is InChI=1S/C4H2N2O4.C2H4O2.H2O/c7-1-2(8)5-4(10)6-3(1)9;1-2(3)4;/h(H2,5,6,8,9,10);1H3,(H,3,4);1H2. The van der Waals surface area contributed by atoms with E-state index in [0.717, 1.165) is 6.92 Å². The maximum atomic E-state index is 10.3. The minimum atomic E-state index is -1.25. The second-order valence-electron chi connectivity index (χ2n) is 2.09. The maximum absolute atomic E-state index is 10.3. The van der Waals surface area contributed by atoms with Gasteiger partial charge in [-0.15, -0.1) is 0 Å². The summed E-state index contributed by atoms with van der Waals surface area (Å²) < 4.78 is 0. The van der Waals surface area contributed by atoms with Crippen LogP contribution < -0.4 is 10.6 Å². The van der Waals surface area contributed by atoms with Crippen molar-refractivity contribution in [2.75, 3.05) is 0 Å². The van der Waals surface area contributed by atoms with Gasteiger partial charge >= 0.3 is 23.6 Å². The molecule has 5 N–H and O–H groups in total. The van der Waals surface area contributed by atoms with E-state index >= 15 is 0 Å². The number of hydrogen-bond acceptors (Lipinski definition) is 5. The summed E-state index contributed by atoms with van der Waals surface area (Å²) in [6.45, 7) is 1.08. The topological polar surface area (TPSA) is 161 Å². The van der Waals surface area contributed by atoms with E-state index in [9.17, 15) is 19.2 Å². The van der Waals surface area contributed by atoms with Crippen LogP contribution in [0.5, 0.6) is 0 Å². The third-order valence-corrected chi connectivity index (χ3v) is 0.867. The number of carboxylic acids is 1. The van der Waals surface area contributed by atoms with Crippen LogP contribution in [0.1, 0.15) is 6.92 Å². The average Bonchev–Trinajstić information content (AvgIpc) is 1.98. The largest absolute Gasteiger partial charge is 0.481 e. The smallest absolute Gasteiger partial charge is 0.328 e. The molecule has 0 aromatic carbocycles. The molecule has 1 fully saturated rings. The molecular formula is C6H8N2O7. The first-order valence-electron chi connectivity index (χ1n) is 3.24. The molecule has 9 heteroatoms. The van der Waals surface area contributed by atoms with Gasteiger partial charge in [-0.25, -0.2) is 4.79 Å². The Morgan fingerprint density at radius 2 is 1.33 bits per heavy atom. The number of amides is 4. The minimum absolute atomic E-state index is 0. The molecule has 0 atom stereocenters. The summed E-state index contributed by atoms with van der Waals surface area (Å²) in [6, 6.07) is -0.963. The summed E-state index contributed by atoms with van der Waals surface area (Å²) in [5, 5.41) is 10.6. The highest BCUT2D eigenvalue weighted by Gasteiger charge is 2.31. The first kappa shape index (κ1) is 15.2. The van der Waals surface area contributed by atoms with Gasteiger partial charge in [0, 0.05) is 6.92 Å². The summed E-state index contributed by atoms with van der Waals surface area (Å²) in [5.41, 5.74) is 0. The van der Waals surface area contributed by atoms with E-state index in [1.54, 1.807) is 10.6 Å². The molecular weight excluding hydrogens is 212 g/mol. The van der Waals surface area contributed by atoms with E-state index < -0.39 is 29.6 Å². The number of carboxylic acid groups (broad SMARTS) is 1. The molecule has 15 heavy (non-hydrogen) atoms. The van der Waals surface area contributed by atoms with Crippen molar-refractivity contribution in [3.8, 4) is 0 Å². The number of imide groups is 2. The van der Waals surface area contributed by atoms with Gasteiger partial charge in [-0.2, -0.15) is 0 Å². The third kappa shape index (κ3) is 5.87. The molecule has 0 aromatic heterocycles. The highest BCUT2D eigenvalue weighted by Crippen LogP contribution is 1.81. The van der Waals surface area contributed by atoms with Gasteiger partial charge in [-0.05, 0) is 0 Å². The van der Waals surface area contributed by atoms with E-state index in [1.807, 2.05) is 0 Å². The molecule has 0 bridgehead atoms. The van der Waals surface area contributed by atoms with Gasteiger partial charge in [0.25, 0.3) is 5.97 Å². The zero-order chi connectivity index (χ0) is 11.3. The number of Topliss-reactive ketones (excluding diaryl/α,β-unsaturated/α-hetero) is 1. The van der Waals surface area contributed by atoms with Gasteiger partial charge in [-0.3, -0.25) is 29.8 Å². The van der Waals surface area contributed by atoms with Gasteiger partial charge in [-0.1, -0.05) is 0 Å². The molecule has 0 spiro atoms. The third-order valence-electron chi connectivity index (χ3n) is 0.867. The molecule has 4 amide bonds. The number of rotatable bonds is 0. The zero-order valence-corrected chi connectivity index (χ0v) is 7.49. The molecule has 84 valence electrons. The summed E-state index contributed by atoms with van der Waals surface area (Å²) in [4.78, 5) is 50.1. The van der Waals surface area contributed by atoms with Crippen LogP contribution in [-0.4, -0.2) is 40.2 Å². The van der Waals surface area contributed by atoms with E-state index in [4.69, 9.17) is 9.90 Å². The van der Waals surface area contributed by atoms with Gasteiger partial charge in [0.05, 0.1) is 0 Å². The van der Waals surface area contributed by atoms with Crippen LogP contribution >= 0.6 is 0 Å². The highest BCUT2D eigenvalue weighted by atomic mass is 16.4. The molecule has 1 aliphatic heterocycles. The van der Waals surface area contributed by atoms with Crippen molar-refractivity contribution >= 4 is 29.6 Å². The minimum Gasteiger partial charge on any atom is -0.481 e. The second kappa shape index (κ2) is 6.21. The fraction of sp³-hybridized carbons (Fsp3) is 0.167. The van der Waals surface area contributed by atoms with Crippen LogP contribution in [0, 0.1) is 0 Å². The van der Waals surface area contributed by atoms with Gasteiger partial charge < -0.3 is 10.6 Å². The summed E-state index contributed by atoms with van der Waals surface area (Å²) in [5.74, 6) is -4.46. The Labute approximate surface area is 82.7 Å². The summed E-state index contributed by atoms with van der Waals surface area (Å²) in [6.07, 6.45) is 0. The van der Waals surface area contributed by atoms with Gasteiger partial charge in [0.1, 0.15) is 0 Å². The molecule has 0 radical (unpaired) electrons. The van der Waals surface area contributed by atoms with Crippen molar-refractivity contribution in [3.05, 3.63) is 0 Å². The first-order valence-corrected chi connectivity index (χ1v) is 3.24.